The molecule has 16 heavy (non-hydrogen) atoms. The third-order valence-corrected chi connectivity index (χ3v) is 2.85. The predicted octanol–water partition coefficient (Wildman–Crippen LogP) is 0.184. The van der Waals surface area contributed by atoms with Gasteiger partial charge in [0.25, 0.3) is 0 Å². The van der Waals surface area contributed by atoms with Gasteiger partial charge in [0.15, 0.2) is 0 Å². The molecule has 0 aliphatic carbocycles. The summed E-state index contributed by atoms with van der Waals surface area (Å²) in [6.45, 7) is 1.30. The Morgan fingerprint density at radius 3 is 2.56 bits per heavy atom. The van der Waals surface area contributed by atoms with Crippen LogP contribution in [0.2, 0.25) is 0 Å². The van der Waals surface area contributed by atoms with Crippen LogP contribution in [0.25, 0.3) is 0 Å². The maximum Gasteiger partial charge on any atom is 0.331 e. The van der Waals surface area contributed by atoms with Crippen molar-refractivity contribution in [2.45, 2.75) is 25.0 Å². The van der Waals surface area contributed by atoms with Gasteiger partial charge in [-0.3, -0.25) is 0 Å². The van der Waals surface area contributed by atoms with E-state index in [0.717, 1.165) is 0 Å². The minimum atomic E-state index is -0.908. The number of carbonyl (C=O) groups is 1. The predicted molar refractivity (Wildman–Crippen MR) is 55.0 cm³/mol. The van der Waals surface area contributed by atoms with E-state index in [1.807, 2.05) is 0 Å². The van der Waals surface area contributed by atoms with Crippen LogP contribution in [-0.4, -0.2) is 48.2 Å². The lowest BCUT2D eigenvalue weighted by Crippen LogP contribution is -2.19. The van der Waals surface area contributed by atoms with Crippen molar-refractivity contribution in [1.29, 1.82) is 0 Å². The first-order valence-corrected chi connectivity index (χ1v) is 5.51. The van der Waals surface area contributed by atoms with Gasteiger partial charge in [-0.2, -0.15) is 0 Å². The molecule has 3 unspecified atom stereocenters. The normalized spacial score (nSPS) is 29.9. The number of ether oxygens (including phenoxy) is 2. The monoisotopic (exact) mass is 228 g/mol. The summed E-state index contributed by atoms with van der Waals surface area (Å²) in [6, 6.07) is 0. The Bertz CT molecular complexity index is 291. The van der Waals surface area contributed by atoms with E-state index in [1.54, 1.807) is 6.08 Å². The highest BCUT2D eigenvalue weighted by Crippen LogP contribution is 2.32. The number of epoxide rings is 2. The number of aliphatic hydroxyl groups excluding tert-OH is 1. The molecule has 0 aromatic carbocycles. The quantitative estimate of drug-likeness (QED) is 0.480. The van der Waals surface area contributed by atoms with Crippen LogP contribution in [0.3, 0.4) is 0 Å². The van der Waals surface area contributed by atoms with Crippen molar-refractivity contribution >= 4 is 5.97 Å². The first-order chi connectivity index (χ1) is 7.72. The van der Waals surface area contributed by atoms with E-state index in [1.165, 1.54) is 0 Å². The van der Waals surface area contributed by atoms with E-state index in [-0.39, 0.29) is 24.7 Å². The number of aliphatic hydroxyl groups is 1. The average molecular weight is 228 g/mol. The number of aliphatic carboxylic acids is 1. The highest BCUT2D eigenvalue weighted by molar-refractivity contribution is 5.87. The molecule has 0 amide bonds. The van der Waals surface area contributed by atoms with Crippen molar-refractivity contribution in [3.05, 3.63) is 11.6 Å². The maximum atomic E-state index is 11.2. The van der Waals surface area contributed by atoms with Crippen LogP contribution in [0.5, 0.6) is 0 Å². The number of carboxylic acids is 1. The second-order valence-electron chi connectivity index (χ2n) is 4.14. The Balaban J connectivity index is 2.04. The van der Waals surface area contributed by atoms with Gasteiger partial charge in [-0.1, -0.05) is 0 Å². The Labute approximate surface area is 93.7 Å². The van der Waals surface area contributed by atoms with Crippen LogP contribution >= 0.6 is 0 Å². The lowest BCUT2D eigenvalue weighted by atomic mass is 9.90. The van der Waals surface area contributed by atoms with Gasteiger partial charge in [-0.05, 0) is 18.9 Å². The molecule has 2 heterocycles. The Hall–Kier alpha value is -0.910. The fourth-order valence-corrected chi connectivity index (χ4v) is 1.85. The number of rotatable bonds is 7. The summed E-state index contributed by atoms with van der Waals surface area (Å²) in [5, 5.41) is 18.0. The topological polar surface area (TPSA) is 82.6 Å². The molecule has 2 saturated heterocycles. The van der Waals surface area contributed by atoms with Crippen molar-refractivity contribution in [3.8, 4) is 0 Å². The van der Waals surface area contributed by atoms with Crippen LogP contribution in [0, 0.1) is 5.92 Å². The molecule has 2 N–H and O–H groups in total. The number of hydrogen-bond donors (Lipinski definition) is 2. The second kappa shape index (κ2) is 4.95. The summed E-state index contributed by atoms with van der Waals surface area (Å²) in [4.78, 5) is 11.2. The minimum absolute atomic E-state index is 0.00708. The zero-order valence-corrected chi connectivity index (χ0v) is 8.96. The van der Waals surface area contributed by atoms with Gasteiger partial charge in [-0.25, -0.2) is 4.79 Å². The van der Waals surface area contributed by atoms with E-state index in [9.17, 15) is 4.79 Å². The van der Waals surface area contributed by atoms with Crippen LogP contribution in [0.1, 0.15) is 12.8 Å². The summed E-state index contributed by atoms with van der Waals surface area (Å²) in [5.74, 6) is -1.03. The van der Waals surface area contributed by atoms with Crippen LogP contribution in [0.15, 0.2) is 11.6 Å². The molecule has 0 saturated carbocycles. The lowest BCUT2D eigenvalue weighted by molar-refractivity contribution is -0.133. The van der Waals surface area contributed by atoms with E-state index < -0.39 is 5.97 Å². The molecule has 2 aliphatic rings. The van der Waals surface area contributed by atoms with Crippen molar-refractivity contribution in [1.82, 2.24) is 0 Å². The highest BCUT2D eigenvalue weighted by atomic mass is 16.6. The Morgan fingerprint density at radius 1 is 1.44 bits per heavy atom. The molecule has 0 bridgehead atoms. The molecule has 0 aromatic rings. The third kappa shape index (κ3) is 3.04. The minimum Gasteiger partial charge on any atom is -0.478 e. The summed E-state index contributed by atoms with van der Waals surface area (Å²) in [7, 11) is 0. The van der Waals surface area contributed by atoms with Gasteiger partial charge >= 0.3 is 5.97 Å². The Morgan fingerprint density at radius 2 is 2.12 bits per heavy atom. The van der Waals surface area contributed by atoms with Crippen molar-refractivity contribution in [3.63, 3.8) is 0 Å². The largest absolute Gasteiger partial charge is 0.478 e. The molecule has 3 atom stereocenters. The first-order valence-electron chi connectivity index (χ1n) is 5.51. The lowest BCUT2D eigenvalue weighted by Gasteiger charge is -2.14. The molecule has 0 radical (unpaired) electrons. The van der Waals surface area contributed by atoms with Crippen LogP contribution in [-0.2, 0) is 14.3 Å². The van der Waals surface area contributed by atoms with E-state index in [4.69, 9.17) is 19.7 Å². The zero-order chi connectivity index (χ0) is 11.5. The first kappa shape index (κ1) is 11.6. The molecular weight excluding hydrogens is 212 g/mol. The molecule has 5 heteroatoms. The van der Waals surface area contributed by atoms with Crippen LogP contribution < -0.4 is 0 Å². The summed E-state index contributed by atoms with van der Waals surface area (Å²) in [5.41, 5.74) is 0.374. The molecule has 2 aliphatic heterocycles. The third-order valence-electron chi connectivity index (χ3n) is 2.85. The second-order valence-corrected chi connectivity index (χ2v) is 4.14. The average Bonchev–Trinajstić information content (AvgIpc) is 3.10. The van der Waals surface area contributed by atoms with Crippen molar-refractivity contribution in [2.24, 2.45) is 5.92 Å². The Kier molecular flexibility index (Phi) is 3.58. The number of carboxylic acid groups (broad SMARTS) is 1. The van der Waals surface area contributed by atoms with Crippen LogP contribution in [0.4, 0.5) is 0 Å². The SMILES string of the molecule is O=C(O)C(=CC1CO1)C(CCCO)C1CO1. The molecule has 5 nitrogen and oxygen atoms in total. The van der Waals surface area contributed by atoms with Gasteiger partial charge in [0.1, 0.15) is 0 Å². The molecular formula is C11H16O5. The molecule has 2 rings (SSSR count). The highest BCUT2D eigenvalue weighted by Gasteiger charge is 2.38. The summed E-state index contributed by atoms with van der Waals surface area (Å²) < 4.78 is 10.2. The van der Waals surface area contributed by atoms with E-state index >= 15 is 0 Å². The van der Waals surface area contributed by atoms with Gasteiger partial charge in [0.2, 0.25) is 0 Å². The van der Waals surface area contributed by atoms with Gasteiger partial charge in [0, 0.05) is 18.1 Å². The van der Waals surface area contributed by atoms with Crippen molar-refractivity contribution in [2.75, 3.05) is 19.8 Å². The molecule has 90 valence electrons. The number of hydrogen-bond acceptors (Lipinski definition) is 4. The maximum absolute atomic E-state index is 11.2. The summed E-state index contributed by atoms with van der Waals surface area (Å²) in [6.07, 6.45) is 2.88. The smallest absolute Gasteiger partial charge is 0.331 e. The van der Waals surface area contributed by atoms with Gasteiger partial charge in [0.05, 0.1) is 25.4 Å². The zero-order valence-electron chi connectivity index (χ0n) is 8.96. The molecule has 0 spiro atoms. The standard InChI is InChI=1S/C11H16O5/c12-3-1-2-8(10-6-16-10)9(11(13)14)4-7-5-15-7/h4,7-8,10,12H,1-3,5-6H2,(H,13,14). The molecule has 2 fully saturated rings. The fraction of sp³-hybridized carbons (Fsp3) is 0.727. The van der Waals surface area contributed by atoms with E-state index in [2.05, 4.69) is 0 Å². The van der Waals surface area contributed by atoms with Crippen molar-refractivity contribution < 1.29 is 24.5 Å². The van der Waals surface area contributed by atoms with E-state index in [0.29, 0.717) is 31.6 Å². The molecule has 0 aromatic heterocycles. The van der Waals surface area contributed by atoms with Gasteiger partial charge in [-0.15, -0.1) is 0 Å². The summed E-state index contributed by atoms with van der Waals surface area (Å²) >= 11 is 0. The van der Waals surface area contributed by atoms with Gasteiger partial charge < -0.3 is 19.7 Å². The fourth-order valence-electron chi connectivity index (χ4n) is 1.85.